The summed E-state index contributed by atoms with van der Waals surface area (Å²) in [6.07, 6.45) is 6.70. The molecule has 0 saturated carbocycles. The average Bonchev–Trinajstić information content (AvgIpc) is 3.40. The van der Waals surface area contributed by atoms with Gasteiger partial charge >= 0.3 is 5.97 Å². The molecule has 3 atom stereocenters. The number of fused-ring (bicyclic) bond motifs is 3. The van der Waals surface area contributed by atoms with Crippen LogP contribution in [0, 0.1) is 0 Å². The number of H-pyrrole nitrogens is 1. The second-order valence-electron chi connectivity index (χ2n) is 8.63. The zero-order valence-electron chi connectivity index (χ0n) is 18.2. The van der Waals surface area contributed by atoms with E-state index in [4.69, 9.17) is 10.5 Å². The van der Waals surface area contributed by atoms with Crippen LogP contribution in [0.5, 0.6) is 0 Å². The van der Waals surface area contributed by atoms with Crippen molar-refractivity contribution in [3.05, 3.63) is 59.4 Å². The highest BCUT2D eigenvalue weighted by atomic mass is 16.5. The number of ether oxygens (including phenoxy) is 1. The fourth-order valence-electron chi connectivity index (χ4n) is 5.20. The summed E-state index contributed by atoms with van der Waals surface area (Å²) in [5.41, 5.74) is 8.31. The number of nitrogens with one attached hydrogen (secondary N) is 2. The van der Waals surface area contributed by atoms with Crippen molar-refractivity contribution in [1.29, 1.82) is 0 Å². The zero-order chi connectivity index (χ0) is 23.1. The number of carbonyl (C=O) groups is 3. The van der Waals surface area contributed by atoms with Gasteiger partial charge in [0.05, 0.1) is 23.9 Å². The smallest absolute Gasteiger partial charge is 0.337 e. The van der Waals surface area contributed by atoms with E-state index in [0.29, 0.717) is 28.0 Å². The van der Waals surface area contributed by atoms with E-state index < -0.39 is 11.9 Å². The molecule has 2 amide bonds. The van der Waals surface area contributed by atoms with Crippen molar-refractivity contribution in [1.82, 2.24) is 14.9 Å². The number of hydrogen-bond acceptors (Lipinski definition) is 6. The Balaban J connectivity index is 1.34. The fraction of sp³-hybridized carbons (Fsp3) is 0.333. The van der Waals surface area contributed by atoms with Crippen LogP contribution in [0.3, 0.4) is 0 Å². The summed E-state index contributed by atoms with van der Waals surface area (Å²) in [6.45, 7) is 0. The molecule has 0 aliphatic carbocycles. The molecule has 0 spiro atoms. The summed E-state index contributed by atoms with van der Waals surface area (Å²) in [5, 5.41) is 4.36. The number of methoxy groups -OCH3 is 1. The molecule has 4 N–H and O–H groups in total. The van der Waals surface area contributed by atoms with Crippen molar-refractivity contribution in [2.24, 2.45) is 5.73 Å². The summed E-state index contributed by atoms with van der Waals surface area (Å²) in [5.74, 6) is -0.977. The molecule has 2 aliphatic rings. The van der Waals surface area contributed by atoms with Gasteiger partial charge in [-0.1, -0.05) is 0 Å². The maximum absolute atomic E-state index is 13.3. The van der Waals surface area contributed by atoms with Gasteiger partial charge in [-0.15, -0.1) is 0 Å². The molecule has 5 rings (SSSR count). The van der Waals surface area contributed by atoms with E-state index in [1.807, 2.05) is 11.0 Å². The van der Waals surface area contributed by atoms with Gasteiger partial charge in [0.25, 0.3) is 11.8 Å². The Hall–Kier alpha value is -3.88. The highest BCUT2D eigenvalue weighted by molar-refractivity contribution is 6.06. The van der Waals surface area contributed by atoms with Crippen molar-refractivity contribution < 1.29 is 19.1 Å². The number of aromatic nitrogens is 2. The predicted octanol–water partition coefficient (Wildman–Crippen LogP) is 2.70. The molecule has 3 aromatic rings. The number of aromatic amines is 1. The van der Waals surface area contributed by atoms with Gasteiger partial charge in [0.2, 0.25) is 0 Å². The minimum atomic E-state index is -0.529. The first-order chi connectivity index (χ1) is 16.0. The van der Waals surface area contributed by atoms with Crippen LogP contribution in [0.2, 0.25) is 0 Å². The molecule has 2 aromatic heterocycles. The molecule has 1 aromatic carbocycles. The Kier molecular flexibility index (Phi) is 5.24. The quantitative estimate of drug-likeness (QED) is 0.516. The first-order valence-corrected chi connectivity index (χ1v) is 11.0. The maximum atomic E-state index is 13.3. The number of hydrogen-bond donors (Lipinski definition) is 3. The molecule has 0 radical (unpaired) electrons. The maximum Gasteiger partial charge on any atom is 0.337 e. The van der Waals surface area contributed by atoms with Crippen molar-refractivity contribution in [3.8, 4) is 0 Å². The lowest BCUT2D eigenvalue weighted by Gasteiger charge is -2.40. The number of piperidine rings is 1. The Labute approximate surface area is 190 Å². The molecule has 9 heteroatoms. The van der Waals surface area contributed by atoms with Gasteiger partial charge in [-0.25, -0.2) is 9.78 Å². The Morgan fingerprint density at radius 3 is 2.39 bits per heavy atom. The number of pyridine rings is 1. The third-order valence-electron chi connectivity index (χ3n) is 6.72. The van der Waals surface area contributed by atoms with Crippen molar-refractivity contribution in [3.63, 3.8) is 0 Å². The van der Waals surface area contributed by atoms with Gasteiger partial charge in [0.15, 0.2) is 0 Å². The lowest BCUT2D eigenvalue weighted by Crippen LogP contribution is -2.49. The van der Waals surface area contributed by atoms with Gasteiger partial charge < -0.3 is 25.7 Å². The summed E-state index contributed by atoms with van der Waals surface area (Å²) in [6, 6.07) is 8.78. The number of esters is 1. The Morgan fingerprint density at radius 1 is 1.09 bits per heavy atom. The van der Waals surface area contributed by atoms with E-state index in [2.05, 4.69) is 15.3 Å². The molecule has 2 fully saturated rings. The molecular formula is C24H25N5O4. The van der Waals surface area contributed by atoms with Gasteiger partial charge in [0.1, 0.15) is 5.65 Å². The molecule has 2 bridgehead atoms. The van der Waals surface area contributed by atoms with Crippen molar-refractivity contribution >= 4 is 34.5 Å². The number of nitrogens with zero attached hydrogens (tertiary/aromatic N) is 2. The second kappa shape index (κ2) is 8.23. The molecule has 170 valence electrons. The molecule has 2 saturated heterocycles. The zero-order valence-corrected chi connectivity index (χ0v) is 18.2. The van der Waals surface area contributed by atoms with Crippen LogP contribution in [0.4, 0.5) is 5.69 Å². The minimum absolute atomic E-state index is 0.0212. The Bertz CT molecular complexity index is 1220. The summed E-state index contributed by atoms with van der Waals surface area (Å²) < 4.78 is 4.73. The number of benzene rings is 1. The number of rotatable bonds is 5. The van der Waals surface area contributed by atoms with Crippen LogP contribution in [-0.4, -0.2) is 57.9 Å². The third kappa shape index (κ3) is 3.69. The number of nitrogens with two attached hydrogens (primary N) is 1. The van der Waals surface area contributed by atoms with Crippen LogP contribution in [0.15, 0.2) is 42.7 Å². The van der Waals surface area contributed by atoms with E-state index in [-0.39, 0.29) is 24.0 Å². The molecule has 9 nitrogen and oxygen atoms in total. The second-order valence-corrected chi connectivity index (χ2v) is 8.63. The number of carbonyl (C=O) groups excluding carboxylic acids is 3. The first kappa shape index (κ1) is 21.0. The van der Waals surface area contributed by atoms with Gasteiger partial charge in [0, 0.05) is 41.5 Å². The number of amides is 2. The van der Waals surface area contributed by atoms with Gasteiger partial charge in [-0.3, -0.25) is 9.59 Å². The van der Waals surface area contributed by atoms with E-state index in [0.717, 1.165) is 31.1 Å². The van der Waals surface area contributed by atoms with Crippen molar-refractivity contribution in [2.75, 3.05) is 12.4 Å². The van der Waals surface area contributed by atoms with Crippen LogP contribution < -0.4 is 11.1 Å². The third-order valence-corrected chi connectivity index (χ3v) is 6.72. The predicted molar refractivity (Wildman–Crippen MR) is 122 cm³/mol. The largest absolute Gasteiger partial charge is 0.465 e. The van der Waals surface area contributed by atoms with E-state index in [9.17, 15) is 14.4 Å². The van der Waals surface area contributed by atoms with Crippen molar-refractivity contribution in [2.45, 2.75) is 43.8 Å². The molecule has 2 aliphatic heterocycles. The number of anilines is 1. The van der Waals surface area contributed by atoms with Crippen LogP contribution in [0.25, 0.3) is 11.0 Å². The highest BCUT2D eigenvalue weighted by Crippen LogP contribution is 2.39. The lowest BCUT2D eigenvalue weighted by molar-refractivity contribution is 0.0575. The average molecular weight is 447 g/mol. The first-order valence-electron chi connectivity index (χ1n) is 11.0. The van der Waals surface area contributed by atoms with Gasteiger partial charge in [-0.05, 0) is 56.0 Å². The molecule has 33 heavy (non-hydrogen) atoms. The van der Waals surface area contributed by atoms with E-state index in [1.54, 1.807) is 30.5 Å². The van der Waals surface area contributed by atoms with Crippen LogP contribution in [-0.2, 0) is 4.74 Å². The highest BCUT2D eigenvalue weighted by Gasteiger charge is 2.43. The minimum Gasteiger partial charge on any atom is -0.465 e. The van der Waals surface area contributed by atoms with Crippen LogP contribution >= 0.6 is 0 Å². The SMILES string of the molecule is COC(=O)c1ccc(C(=O)N2[C@@H]3CC[C@H]2C[C@H](Nc2c(C(N)=O)cnc4[nH]ccc24)C3)cc1. The summed E-state index contributed by atoms with van der Waals surface area (Å²) >= 11 is 0. The standard InChI is InChI=1S/C24H25N5O4/c1-33-24(32)14-4-2-13(3-5-14)23(31)29-16-6-7-17(29)11-15(10-16)28-20-18-8-9-26-22(18)27-12-19(20)21(25)30/h2-5,8-9,12,15-17H,6-7,10-11H2,1H3,(H2,25,30)(H2,26,27,28)/t15-,16-,17+. The van der Waals surface area contributed by atoms with Gasteiger partial charge in [-0.2, -0.15) is 0 Å². The van der Waals surface area contributed by atoms with Crippen LogP contribution in [0.1, 0.15) is 56.8 Å². The monoisotopic (exact) mass is 447 g/mol. The molecule has 4 heterocycles. The fourth-order valence-corrected chi connectivity index (χ4v) is 5.20. The Morgan fingerprint density at radius 2 is 1.76 bits per heavy atom. The summed E-state index contributed by atoms with van der Waals surface area (Å²) in [4.78, 5) is 46.3. The topological polar surface area (TPSA) is 130 Å². The molecule has 0 unspecified atom stereocenters. The normalized spacial score (nSPS) is 21.7. The van der Waals surface area contributed by atoms with E-state index >= 15 is 0 Å². The van der Waals surface area contributed by atoms with E-state index in [1.165, 1.54) is 13.3 Å². The summed E-state index contributed by atoms with van der Waals surface area (Å²) in [7, 11) is 1.33. The lowest BCUT2D eigenvalue weighted by atomic mass is 9.95. The molecular weight excluding hydrogens is 422 g/mol. The number of primary amides is 1.